The van der Waals surface area contributed by atoms with E-state index in [0.29, 0.717) is 5.92 Å². The molecule has 4 rings (SSSR count). The topological polar surface area (TPSA) is 74.2 Å². The molecule has 6 nitrogen and oxygen atoms in total. The molecule has 0 aliphatic carbocycles. The fourth-order valence-corrected chi connectivity index (χ4v) is 3.30. The van der Waals surface area contributed by atoms with Gasteiger partial charge in [0.2, 0.25) is 0 Å². The summed E-state index contributed by atoms with van der Waals surface area (Å²) < 4.78 is 1.91. The van der Waals surface area contributed by atoms with E-state index in [0.717, 1.165) is 55.0 Å². The van der Waals surface area contributed by atoms with Crippen molar-refractivity contribution >= 4 is 11.2 Å². The number of fused-ring (bicyclic) bond motifs is 1. The number of hydrogen-bond acceptors (Lipinski definition) is 4. The van der Waals surface area contributed by atoms with E-state index < -0.39 is 0 Å². The Morgan fingerprint density at radius 2 is 2.14 bits per heavy atom. The smallest absolute Gasteiger partial charge is 0.251 e. The molecule has 1 saturated heterocycles. The molecule has 114 valence electrons. The first-order valence-corrected chi connectivity index (χ1v) is 7.74. The minimum atomic E-state index is -0.0531. The van der Waals surface area contributed by atoms with Gasteiger partial charge >= 0.3 is 0 Å². The maximum Gasteiger partial charge on any atom is 0.251 e. The zero-order valence-corrected chi connectivity index (χ0v) is 12.3. The fourth-order valence-electron chi connectivity index (χ4n) is 3.30. The molecular formula is C16H19N5O. The van der Waals surface area contributed by atoms with Gasteiger partial charge in [-0.25, -0.2) is 4.52 Å². The normalized spacial score (nSPS) is 19.2. The van der Waals surface area contributed by atoms with E-state index in [1.54, 1.807) is 6.07 Å². The molecule has 0 spiro atoms. The highest BCUT2D eigenvalue weighted by molar-refractivity contribution is 5.78. The number of H-pyrrole nitrogens is 1. The number of hydrogen-bond donors (Lipinski definition) is 3. The van der Waals surface area contributed by atoms with Crippen molar-refractivity contribution in [2.45, 2.75) is 18.8 Å². The molecule has 0 amide bonds. The highest BCUT2D eigenvalue weighted by Crippen LogP contribution is 2.26. The lowest BCUT2D eigenvalue weighted by Crippen LogP contribution is -2.28. The third kappa shape index (κ3) is 2.25. The van der Waals surface area contributed by atoms with Crippen LogP contribution in [-0.2, 0) is 0 Å². The van der Waals surface area contributed by atoms with Crippen LogP contribution in [0.4, 0.5) is 0 Å². The summed E-state index contributed by atoms with van der Waals surface area (Å²) >= 11 is 0. The summed E-state index contributed by atoms with van der Waals surface area (Å²) in [5.74, 6) is 0.386. The number of nitrogens with one attached hydrogen (secondary N) is 3. The lowest BCUT2D eigenvalue weighted by atomic mass is 9.94. The minimum absolute atomic E-state index is 0.0531. The molecule has 2 aromatic heterocycles. The molecule has 0 bridgehead atoms. The molecule has 0 atom stereocenters. The van der Waals surface area contributed by atoms with Crippen LogP contribution in [0.15, 0.2) is 35.4 Å². The summed E-state index contributed by atoms with van der Waals surface area (Å²) in [6, 6.07) is 1.70. The molecule has 6 heteroatoms. The van der Waals surface area contributed by atoms with E-state index in [9.17, 15) is 4.79 Å². The molecule has 1 fully saturated rings. The van der Waals surface area contributed by atoms with Crippen molar-refractivity contribution in [2.24, 2.45) is 0 Å². The maximum absolute atomic E-state index is 12.1. The van der Waals surface area contributed by atoms with Crippen LogP contribution in [0.3, 0.4) is 0 Å². The lowest BCUT2D eigenvalue weighted by Gasteiger charge is -2.23. The van der Waals surface area contributed by atoms with Crippen molar-refractivity contribution in [1.29, 1.82) is 0 Å². The predicted molar refractivity (Wildman–Crippen MR) is 85.8 cm³/mol. The highest BCUT2D eigenvalue weighted by Gasteiger charge is 2.21. The second kappa shape index (κ2) is 5.46. The van der Waals surface area contributed by atoms with Crippen LogP contribution in [0.25, 0.3) is 11.2 Å². The predicted octanol–water partition coefficient (Wildman–Crippen LogP) is 0.990. The summed E-state index contributed by atoms with van der Waals surface area (Å²) in [5, 5.41) is 11.1. The molecule has 22 heavy (non-hydrogen) atoms. The number of piperidine rings is 1. The molecule has 0 saturated carbocycles. The van der Waals surface area contributed by atoms with E-state index in [-0.39, 0.29) is 5.56 Å². The SMILES string of the molecule is O=c1cc(C2CCNCC2)n2ncc(C3=CC=CNC3)c2[nH]1. The van der Waals surface area contributed by atoms with Gasteiger partial charge in [0.25, 0.3) is 5.56 Å². The van der Waals surface area contributed by atoms with Crippen molar-refractivity contribution in [2.75, 3.05) is 19.6 Å². The molecule has 0 aromatic carbocycles. The van der Waals surface area contributed by atoms with E-state index in [1.807, 2.05) is 23.0 Å². The van der Waals surface area contributed by atoms with Gasteiger partial charge in [-0.1, -0.05) is 6.08 Å². The second-order valence-corrected chi connectivity index (χ2v) is 5.83. The van der Waals surface area contributed by atoms with Crippen LogP contribution in [0.5, 0.6) is 0 Å². The van der Waals surface area contributed by atoms with Gasteiger partial charge in [-0.3, -0.25) is 4.79 Å². The zero-order chi connectivity index (χ0) is 14.9. The van der Waals surface area contributed by atoms with Crippen molar-refractivity contribution in [3.05, 3.63) is 52.2 Å². The van der Waals surface area contributed by atoms with Crippen LogP contribution in [0, 0.1) is 0 Å². The lowest BCUT2D eigenvalue weighted by molar-refractivity contribution is 0.446. The van der Waals surface area contributed by atoms with E-state index in [1.165, 1.54) is 0 Å². The second-order valence-electron chi connectivity index (χ2n) is 5.83. The van der Waals surface area contributed by atoms with Gasteiger partial charge in [0.05, 0.1) is 11.9 Å². The first kappa shape index (κ1) is 13.3. The summed E-state index contributed by atoms with van der Waals surface area (Å²) in [5.41, 5.74) is 3.89. The van der Waals surface area contributed by atoms with Crippen LogP contribution < -0.4 is 16.2 Å². The number of aromatic amines is 1. The van der Waals surface area contributed by atoms with Crippen molar-refractivity contribution in [3.63, 3.8) is 0 Å². The average molecular weight is 297 g/mol. The summed E-state index contributed by atoms with van der Waals surface area (Å²) in [4.78, 5) is 15.1. The minimum Gasteiger partial charge on any atom is -0.387 e. The van der Waals surface area contributed by atoms with Gasteiger partial charge in [-0.15, -0.1) is 0 Å². The Kier molecular flexibility index (Phi) is 3.31. The summed E-state index contributed by atoms with van der Waals surface area (Å²) in [7, 11) is 0. The Balaban J connectivity index is 1.85. The number of nitrogens with zero attached hydrogens (tertiary/aromatic N) is 2. The van der Waals surface area contributed by atoms with Crippen LogP contribution in [0.1, 0.15) is 30.0 Å². The fraction of sp³-hybridized carbons (Fsp3) is 0.375. The molecule has 4 heterocycles. The van der Waals surface area contributed by atoms with Gasteiger partial charge in [0.1, 0.15) is 5.65 Å². The Morgan fingerprint density at radius 1 is 1.27 bits per heavy atom. The third-order valence-electron chi connectivity index (χ3n) is 4.44. The quantitative estimate of drug-likeness (QED) is 0.773. The number of dihydropyridines is 1. The summed E-state index contributed by atoms with van der Waals surface area (Å²) in [6.45, 7) is 2.73. The largest absolute Gasteiger partial charge is 0.387 e. The van der Waals surface area contributed by atoms with E-state index in [4.69, 9.17) is 0 Å². The number of allylic oxidation sites excluding steroid dienone is 2. The Labute approximate surface area is 127 Å². The molecule has 2 aromatic rings. The first-order valence-electron chi connectivity index (χ1n) is 7.74. The van der Waals surface area contributed by atoms with Gasteiger partial charge in [0, 0.05) is 24.1 Å². The van der Waals surface area contributed by atoms with Gasteiger partial charge in [-0.05, 0) is 43.8 Å². The summed E-state index contributed by atoms with van der Waals surface area (Å²) in [6.07, 6.45) is 9.88. The van der Waals surface area contributed by atoms with Crippen molar-refractivity contribution in [1.82, 2.24) is 25.2 Å². The van der Waals surface area contributed by atoms with Crippen LogP contribution >= 0.6 is 0 Å². The van der Waals surface area contributed by atoms with Crippen molar-refractivity contribution in [3.8, 4) is 0 Å². The van der Waals surface area contributed by atoms with Crippen LogP contribution in [-0.4, -0.2) is 34.2 Å². The first-order chi connectivity index (χ1) is 10.8. The monoisotopic (exact) mass is 297 g/mol. The Hall–Kier alpha value is -2.34. The third-order valence-corrected chi connectivity index (χ3v) is 4.44. The van der Waals surface area contributed by atoms with Gasteiger partial charge < -0.3 is 15.6 Å². The number of aromatic nitrogens is 3. The number of rotatable bonds is 2. The zero-order valence-electron chi connectivity index (χ0n) is 12.3. The molecule has 0 unspecified atom stereocenters. The molecular weight excluding hydrogens is 278 g/mol. The maximum atomic E-state index is 12.1. The van der Waals surface area contributed by atoms with Gasteiger partial charge in [0.15, 0.2) is 0 Å². The van der Waals surface area contributed by atoms with Crippen LogP contribution in [0.2, 0.25) is 0 Å². The molecule has 3 N–H and O–H groups in total. The standard InChI is InChI=1S/C16H19N5O/c22-15-8-14(11-3-6-17-7-4-11)21-16(20-15)13(10-19-21)12-2-1-5-18-9-12/h1-2,5,8,10-11,17-18H,3-4,6-7,9H2,(H,20,22). The van der Waals surface area contributed by atoms with Crippen molar-refractivity contribution < 1.29 is 0 Å². The van der Waals surface area contributed by atoms with Gasteiger partial charge in [-0.2, -0.15) is 5.10 Å². The van der Waals surface area contributed by atoms with E-state index >= 15 is 0 Å². The van der Waals surface area contributed by atoms with E-state index in [2.05, 4.69) is 26.8 Å². The Morgan fingerprint density at radius 3 is 2.91 bits per heavy atom. The molecule has 2 aliphatic rings. The molecule has 0 radical (unpaired) electrons. The Bertz CT molecular complexity index is 808. The highest BCUT2D eigenvalue weighted by atomic mass is 16.1. The average Bonchev–Trinajstić information content (AvgIpc) is 2.99. The molecule has 2 aliphatic heterocycles.